The van der Waals surface area contributed by atoms with Crippen LogP contribution in [0.2, 0.25) is 0 Å². The Morgan fingerprint density at radius 1 is 1.50 bits per heavy atom. The summed E-state index contributed by atoms with van der Waals surface area (Å²) >= 11 is 0. The van der Waals surface area contributed by atoms with Gasteiger partial charge in [0.15, 0.2) is 0 Å². The summed E-state index contributed by atoms with van der Waals surface area (Å²) in [6.45, 7) is 6.40. The Hall–Kier alpha value is -1.06. The largest absolute Gasteiger partial charge is 0.450 e. The fourth-order valence-electron chi connectivity index (χ4n) is 1.07. The fraction of sp³-hybridized carbons (Fsp3) is 0.800. The summed E-state index contributed by atoms with van der Waals surface area (Å²) in [7, 11) is 0. The number of carbonyl (C=O) groups is 2. The second kappa shape index (κ2) is 7.35. The number of rotatable bonds is 6. The van der Waals surface area contributed by atoms with E-state index in [2.05, 4.69) is 0 Å². The van der Waals surface area contributed by atoms with Gasteiger partial charge in [-0.15, -0.1) is 0 Å². The van der Waals surface area contributed by atoms with Gasteiger partial charge >= 0.3 is 6.09 Å². The Labute approximate surface area is 85.2 Å². The minimum atomic E-state index is -0.402. The van der Waals surface area contributed by atoms with Crippen LogP contribution in [0.3, 0.4) is 0 Å². The van der Waals surface area contributed by atoms with Crippen molar-refractivity contribution >= 4 is 12.4 Å². The van der Waals surface area contributed by atoms with Crippen LogP contribution in [0, 0.1) is 0 Å². The van der Waals surface area contributed by atoms with Gasteiger partial charge in [-0.25, -0.2) is 4.79 Å². The Balaban J connectivity index is 4.21. The van der Waals surface area contributed by atoms with Gasteiger partial charge in [0.2, 0.25) is 0 Å². The summed E-state index contributed by atoms with van der Waals surface area (Å²) in [5.41, 5.74) is 0. The number of hydrogen-bond acceptors (Lipinski definition) is 3. The van der Waals surface area contributed by atoms with E-state index in [1.807, 2.05) is 6.92 Å². The first kappa shape index (κ1) is 12.9. The second-order valence-electron chi connectivity index (χ2n) is 3.12. The second-order valence-corrected chi connectivity index (χ2v) is 3.12. The first-order valence-corrected chi connectivity index (χ1v) is 5.06. The number of unbranched alkanes of at least 4 members (excludes halogenated alkanes) is 1. The van der Waals surface area contributed by atoms with Crippen LogP contribution in [0.5, 0.6) is 0 Å². The van der Waals surface area contributed by atoms with Gasteiger partial charge in [-0.05, 0) is 20.3 Å². The highest BCUT2D eigenvalue weighted by molar-refractivity contribution is 5.73. The van der Waals surface area contributed by atoms with Crippen molar-refractivity contribution in [2.45, 2.75) is 39.7 Å². The van der Waals surface area contributed by atoms with Gasteiger partial charge in [0.25, 0.3) is 0 Å². The Kier molecular flexibility index (Phi) is 6.80. The maximum atomic E-state index is 11.4. The molecule has 0 heterocycles. The average molecular weight is 201 g/mol. The summed E-state index contributed by atoms with van der Waals surface area (Å²) < 4.78 is 4.85. The molecular weight excluding hydrogens is 182 g/mol. The maximum Gasteiger partial charge on any atom is 0.410 e. The quantitative estimate of drug-likeness (QED) is 0.616. The highest BCUT2D eigenvalue weighted by Crippen LogP contribution is 2.03. The number of aldehydes is 1. The van der Waals surface area contributed by atoms with Crippen molar-refractivity contribution in [3.8, 4) is 0 Å². The molecular formula is C10H19NO3. The average Bonchev–Trinajstić information content (AvgIpc) is 2.18. The summed E-state index contributed by atoms with van der Waals surface area (Å²) in [4.78, 5) is 23.4. The summed E-state index contributed by atoms with van der Waals surface area (Å²) in [6.07, 6.45) is 2.23. The molecule has 1 atom stereocenters. The Morgan fingerprint density at radius 3 is 2.57 bits per heavy atom. The Morgan fingerprint density at radius 2 is 2.14 bits per heavy atom. The predicted molar refractivity (Wildman–Crippen MR) is 54.2 cm³/mol. The number of ether oxygens (including phenoxy) is 1. The van der Waals surface area contributed by atoms with Crippen LogP contribution >= 0.6 is 0 Å². The number of hydrogen-bond donors (Lipinski definition) is 0. The molecule has 0 aromatic heterocycles. The van der Waals surface area contributed by atoms with Crippen molar-refractivity contribution in [1.82, 2.24) is 4.90 Å². The lowest BCUT2D eigenvalue weighted by Gasteiger charge is -2.24. The highest BCUT2D eigenvalue weighted by atomic mass is 16.6. The molecule has 14 heavy (non-hydrogen) atoms. The summed E-state index contributed by atoms with van der Waals surface area (Å²) in [5, 5.41) is 0. The molecule has 0 fully saturated rings. The smallest absolute Gasteiger partial charge is 0.410 e. The van der Waals surface area contributed by atoms with E-state index >= 15 is 0 Å². The van der Waals surface area contributed by atoms with Crippen LogP contribution in [-0.2, 0) is 9.53 Å². The van der Waals surface area contributed by atoms with Crippen molar-refractivity contribution in [2.24, 2.45) is 0 Å². The molecule has 0 bridgehead atoms. The van der Waals surface area contributed by atoms with Gasteiger partial charge < -0.3 is 9.53 Å². The van der Waals surface area contributed by atoms with Gasteiger partial charge in [0.1, 0.15) is 6.29 Å². The Bertz CT molecular complexity index is 182. The van der Waals surface area contributed by atoms with Crippen LogP contribution in [0.15, 0.2) is 0 Å². The molecule has 0 aromatic rings. The zero-order valence-electron chi connectivity index (χ0n) is 9.16. The lowest BCUT2D eigenvalue weighted by Crippen LogP contribution is -2.40. The van der Waals surface area contributed by atoms with Crippen molar-refractivity contribution in [3.63, 3.8) is 0 Å². The normalized spacial score (nSPS) is 11.9. The summed E-state index contributed by atoms with van der Waals surface area (Å²) in [6, 6.07) is -0.402. The molecule has 0 aliphatic rings. The van der Waals surface area contributed by atoms with Crippen LogP contribution < -0.4 is 0 Å². The monoisotopic (exact) mass is 201 g/mol. The van der Waals surface area contributed by atoms with Crippen LogP contribution in [0.25, 0.3) is 0 Å². The van der Waals surface area contributed by atoms with Crippen molar-refractivity contribution < 1.29 is 14.3 Å². The molecule has 4 nitrogen and oxygen atoms in total. The van der Waals surface area contributed by atoms with E-state index in [1.54, 1.807) is 13.8 Å². The van der Waals surface area contributed by atoms with Crippen LogP contribution in [0.1, 0.15) is 33.6 Å². The minimum absolute atomic E-state index is 0.340. The van der Waals surface area contributed by atoms with Gasteiger partial charge in [-0.3, -0.25) is 4.90 Å². The molecule has 0 aromatic carbocycles. The van der Waals surface area contributed by atoms with E-state index in [0.29, 0.717) is 13.2 Å². The van der Waals surface area contributed by atoms with Crippen molar-refractivity contribution in [2.75, 3.05) is 13.2 Å². The molecule has 82 valence electrons. The first-order valence-electron chi connectivity index (χ1n) is 5.06. The third kappa shape index (κ3) is 4.25. The lowest BCUT2D eigenvalue weighted by atomic mass is 10.2. The zero-order valence-corrected chi connectivity index (χ0v) is 9.16. The molecule has 4 heteroatoms. The van der Waals surface area contributed by atoms with E-state index in [4.69, 9.17) is 4.74 Å². The van der Waals surface area contributed by atoms with Gasteiger partial charge in [0, 0.05) is 6.54 Å². The zero-order chi connectivity index (χ0) is 11.0. The molecule has 0 radical (unpaired) electrons. The molecule has 1 amide bonds. The molecule has 0 aliphatic carbocycles. The molecule has 0 aliphatic heterocycles. The molecule has 0 unspecified atom stereocenters. The SMILES string of the molecule is CCCCN(C(=O)OCC)[C@@H](C)C=O. The van der Waals surface area contributed by atoms with E-state index in [-0.39, 0.29) is 0 Å². The minimum Gasteiger partial charge on any atom is -0.450 e. The van der Waals surface area contributed by atoms with E-state index in [0.717, 1.165) is 19.1 Å². The topological polar surface area (TPSA) is 46.6 Å². The van der Waals surface area contributed by atoms with Crippen LogP contribution in [-0.4, -0.2) is 36.5 Å². The van der Waals surface area contributed by atoms with E-state index < -0.39 is 12.1 Å². The van der Waals surface area contributed by atoms with Crippen molar-refractivity contribution in [1.29, 1.82) is 0 Å². The number of nitrogens with zero attached hydrogens (tertiary/aromatic N) is 1. The fourth-order valence-corrected chi connectivity index (χ4v) is 1.07. The number of amides is 1. The predicted octanol–water partition coefficient (Wildman–Crippen LogP) is 1.83. The molecule has 0 rings (SSSR count). The van der Waals surface area contributed by atoms with Gasteiger partial charge in [0.05, 0.1) is 12.6 Å². The van der Waals surface area contributed by atoms with E-state index in [9.17, 15) is 9.59 Å². The maximum absolute atomic E-state index is 11.4. The molecule has 0 saturated carbocycles. The first-order chi connectivity index (χ1) is 6.67. The van der Waals surface area contributed by atoms with Gasteiger partial charge in [-0.2, -0.15) is 0 Å². The molecule has 0 spiro atoms. The van der Waals surface area contributed by atoms with Crippen molar-refractivity contribution in [3.05, 3.63) is 0 Å². The van der Waals surface area contributed by atoms with E-state index in [1.165, 1.54) is 4.90 Å². The van der Waals surface area contributed by atoms with Crippen LogP contribution in [0.4, 0.5) is 4.79 Å². The molecule has 0 N–H and O–H groups in total. The number of carbonyl (C=O) groups excluding carboxylic acids is 2. The summed E-state index contributed by atoms with van der Waals surface area (Å²) in [5.74, 6) is 0. The third-order valence-electron chi connectivity index (χ3n) is 1.94. The third-order valence-corrected chi connectivity index (χ3v) is 1.94. The highest BCUT2D eigenvalue weighted by Gasteiger charge is 2.19. The van der Waals surface area contributed by atoms with Gasteiger partial charge in [-0.1, -0.05) is 13.3 Å². The lowest BCUT2D eigenvalue weighted by molar-refractivity contribution is -0.111. The molecule has 0 saturated heterocycles. The standard InChI is InChI=1S/C10H19NO3/c1-4-6-7-11(9(3)8-12)10(13)14-5-2/h8-9H,4-7H2,1-3H3/t9-/m0/s1.